The molecule has 0 N–H and O–H groups in total. The maximum absolute atomic E-state index is 12.7. The van der Waals surface area contributed by atoms with Gasteiger partial charge in [-0.25, -0.2) is 8.42 Å². The maximum atomic E-state index is 12.7. The molecule has 0 spiro atoms. The van der Waals surface area contributed by atoms with E-state index in [1.165, 1.54) is 10.6 Å². The minimum atomic E-state index is -3.32. The standard InChI is InChI=1S/C15H23N3O4S/c1-23(20,21)18-6-2-5-14(18)15(19)17-9-7-16(8-10-17)12-13-4-3-11-22-13/h3-4,11,14H,2,5-10,12H2,1H3/t14-/m0/s1. The third kappa shape index (κ3) is 3.76. The number of amides is 1. The van der Waals surface area contributed by atoms with Gasteiger partial charge in [-0.1, -0.05) is 0 Å². The lowest BCUT2D eigenvalue weighted by Gasteiger charge is -2.36. The topological polar surface area (TPSA) is 74.1 Å². The molecular weight excluding hydrogens is 318 g/mol. The number of piperazine rings is 1. The molecule has 1 aromatic heterocycles. The molecule has 1 aromatic rings. The van der Waals surface area contributed by atoms with Crippen LogP contribution in [0.4, 0.5) is 0 Å². The van der Waals surface area contributed by atoms with Crippen molar-refractivity contribution >= 4 is 15.9 Å². The molecule has 0 aliphatic carbocycles. The summed E-state index contributed by atoms with van der Waals surface area (Å²) in [6, 6.07) is 3.30. The summed E-state index contributed by atoms with van der Waals surface area (Å²) in [6.07, 6.45) is 4.22. The smallest absolute Gasteiger partial charge is 0.241 e. The lowest BCUT2D eigenvalue weighted by Crippen LogP contribution is -2.54. The molecule has 0 bridgehead atoms. The van der Waals surface area contributed by atoms with Crippen LogP contribution in [0.1, 0.15) is 18.6 Å². The van der Waals surface area contributed by atoms with E-state index in [1.54, 1.807) is 11.2 Å². The number of hydrogen-bond acceptors (Lipinski definition) is 5. The summed E-state index contributed by atoms with van der Waals surface area (Å²) < 4.78 is 30.3. The third-order valence-electron chi connectivity index (χ3n) is 4.56. The quantitative estimate of drug-likeness (QED) is 0.790. The van der Waals surface area contributed by atoms with Crippen molar-refractivity contribution in [3.8, 4) is 0 Å². The van der Waals surface area contributed by atoms with E-state index < -0.39 is 16.1 Å². The maximum Gasteiger partial charge on any atom is 0.241 e. The Bertz CT molecular complexity index is 636. The minimum absolute atomic E-state index is 0.0504. The molecule has 1 atom stereocenters. The van der Waals surface area contributed by atoms with E-state index in [2.05, 4.69) is 4.90 Å². The summed E-state index contributed by atoms with van der Waals surface area (Å²) in [4.78, 5) is 16.7. The molecule has 0 radical (unpaired) electrons. The van der Waals surface area contributed by atoms with E-state index in [1.807, 2.05) is 12.1 Å². The van der Waals surface area contributed by atoms with Crippen molar-refractivity contribution in [1.82, 2.24) is 14.1 Å². The van der Waals surface area contributed by atoms with Crippen LogP contribution in [0.3, 0.4) is 0 Å². The van der Waals surface area contributed by atoms with E-state index >= 15 is 0 Å². The molecule has 2 aliphatic heterocycles. The van der Waals surface area contributed by atoms with Crippen molar-refractivity contribution in [2.45, 2.75) is 25.4 Å². The van der Waals surface area contributed by atoms with Gasteiger partial charge in [0.15, 0.2) is 0 Å². The molecule has 3 rings (SSSR count). The lowest BCUT2D eigenvalue weighted by molar-refractivity contribution is -0.136. The predicted molar refractivity (Wildman–Crippen MR) is 85.1 cm³/mol. The van der Waals surface area contributed by atoms with Crippen molar-refractivity contribution in [2.24, 2.45) is 0 Å². The Morgan fingerprint density at radius 2 is 2.00 bits per heavy atom. The minimum Gasteiger partial charge on any atom is -0.468 e. The van der Waals surface area contributed by atoms with E-state index in [-0.39, 0.29) is 5.91 Å². The number of sulfonamides is 1. The van der Waals surface area contributed by atoms with Gasteiger partial charge >= 0.3 is 0 Å². The number of furan rings is 1. The first-order valence-corrected chi connectivity index (χ1v) is 9.80. The highest BCUT2D eigenvalue weighted by molar-refractivity contribution is 7.88. The van der Waals surface area contributed by atoms with Gasteiger partial charge in [-0.05, 0) is 25.0 Å². The Kier molecular flexibility index (Phi) is 4.74. The van der Waals surface area contributed by atoms with E-state index in [0.717, 1.165) is 31.8 Å². The van der Waals surface area contributed by atoms with Crippen LogP contribution in [0.2, 0.25) is 0 Å². The van der Waals surface area contributed by atoms with E-state index in [0.29, 0.717) is 26.1 Å². The van der Waals surface area contributed by atoms with Crippen LogP contribution in [0.15, 0.2) is 22.8 Å². The molecule has 23 heavy (non-hydrogen) atoms. The van der Waals surface area contributed by atoms with Crippen LogP contribution in [0.5, 0.6) is 0 Å². The van der Waals surface area contributed by atoms with Gasteiger partial charge in [0.2, 0.25) is 15.9 Å². The number of carbonyl (C=O) groups excluding carboxylic acids is 1. The predicted octanol–water partition coefficient (Wildman–Crippen LogP) is 0.348. The second kappa shape index (κ2) is 6.62. The fourth-order valence-corrected chi connectivity index (χ4v) is 4.46. The molecule has 2 saturated heterocycles. The first-order valence-electron chi connectivity index (χ1n) is 7.95. The van der Waals surface area contributed by atoms with Crippen molar-refractivity contribution < 1.29 is 17.6 Å². The largest absolute Gasteiger partial charge is 0.468 e. The summed E-state index contributed by atoms with van der Waals surface area (Å²) in [6.45, 7) is 4.01. The molecule has 2 aliphatic rings. The zero-order valence-corrected chi connectivity index (χ0v) is 14.2. The van der Waals surface area contributed by atoms with Gasteiger partial charge in [0, 0.05) is 32.7 Å². The number of rotatable bonds is 4. The highest BCUT2D eigenvalue weighted by Gasteiger charge is 2.39. The number of nitrogens with zero attached hydrogens (tertiary/aromatic N) is 3. The van der Waals surface area contributed by atoms with Crippen LogP contribution in [-0.2, 0) is 21.4 Å². The number of carbonyl (C=O) groups is 1. The van der Waals surface area contributed by atoms with Crippen LogP contribution in [-0.4, -0.2) is 73.5 Å². The highest BCUT2D eigenvalue weighted by Crippen LogP contribution is 2.23. The summed E-state index contributed by atoms with van der Waals surface area (Å²) in [5.74, 6) is 0.870. The van der Waals surface area contributed by atoms with Gasteiger partial charge in [-0.15, -0.1) is 0 Å². The average molecular weight is 341 g/mol. The lowest BCUT2D eigenvalue weighted by atomic mass is 10.2. The van der Waals surface area contributed by atoms with Crippen LogP contribution >= 0.6 is 0 Å². The Morgan fingerprint density at radius 1 is 1.26 bits per heavy atom. The summed E-state index contributed by atoms with van der Waals surface area (Å²) in [5.41, 5.74) is 0. The first-order chi connectivity index (χ1) is 10.9. The van der Waals surface area contributed by atoms with E-state index in [9.17, 15) is 13.2 Å². The van der Waals surface area contributed by atoms with Crippen molar-refractivity contribution in [1.29, 1.82) is 0 Å². The monoisotopic (exact) mass is 341 g/mol. The van der Waals surface area contributed by atoms with Crippen LogP contribution in [0, 0.1) is 0 Å². The Morgan fingerprint density at radius 3 is 2.61 bits per heavy atom. The third-order valence-corrected chi connectivity index (χ3v) is 5.85. The average Bonchev–Trinajstić information content (AvgIpc) is 3.18. The fourth-order valence-electron chi connectivity index (χ4n) is 3.34. The van der Waals surface area contributed by atoms with Crippen molar-refractivity contribution in [2.75, 3.05) is 39.0 Å². The molecule has 2 fully saturated rings. The van der Waals surface area contributed by atoms with Crippen LogP contribution < -0.4 is 0 Å². The van der Waals surface area contributed by atoms with Gasteiger partial charge in [-0.3, -0.25) is 9.69 Å². The zero-order chi connectivity index (χ0) is 16.4. The second-order valence-electron chi connectivity index (χ2n) is 6.21. The van der Waals surface area contributed by atoms with Gasteiger partial charge in [0.05, 0.1) is 19.1 Å². The first kappa shape index (κ1) is 16.5. The van der Waals surface area contributed by atoms with Gasteiger partial charge in [-0.2, -0.15) is 4.31 Å². The normalized spacial score (nSPS) is 24.2. The zero-order valence-electron chi connectivity index (χ0n) is 13.3. The van der Waals surface area contributed by atoms with E-state index in [4.69, 9.17) is 4.42 Å². The summed E-state index contributed by atoms with van der Waals surface area (Å²) >= 11 is 0. The molecule has 7 nitrogen and oxygen atoms in total. The molecule has 3 heterocycles. The summed E-state index contributed by atoms with van der Waals surface area (Å²) in [7, 11) is -3.32. The van der Waals surface area contributed by atoms with Gasteiger partial charge in [0.25, 0.3) is 0 Å². The highest BCUT2D eigenvalue weighted by atomic mass is 32.2. The van der Waals surface area contributed by atoms with Gasteiger partial charge < -0.3 is 9.32 Å². The number of hydrogen-bond donors (Lipinski definition) is 0. The Balaban J connectivity index is 1.56. The molecular formula is C15H23N3O4S. The fraction of sp³-hybridized carbons (Fsp3) is 0.667. The molecule has 8 heteroatoms. The molecule has 128 valence electrons. The van der Waals surface area contributed by atoms with Crippen LogP contribution in [0.25, 0.3) is 0 Å². The summed E-state index contributed by atoms with van der Waals surface area (Å²) in [5, 5.41) is 0. The molecule has 0 aromatic carbocycles. The van der Waals surface area contributed by atoms with Gasteiger partial charge in [0.1, 0.15) is 11.8 Å². The van der Waals surface area contributed by atoms with Crippen molar-refractivity contribution in [3.63, 3.8) is 0 Å². The second-order valence-corrected chi connectivity index (χ2v) is 8.15. The SMILES string of the molecule is CS(=O)(=O)N1CCC[C@H]1C(=O)N1CCN(Cc2ccco2)CC1. The molecule has 1 amide bonds. The Hall–Kier alpha value is -1.38. The van der Waals surface area contributed by atoms with Crippen molar-refractivity contribution in [3.05, 3.63) is 24.2 Å². The Labute approximate surface area is 136 Å². The molecule has 0 unspecified atom stereocenters. The molecule has 0 saturated carbocycles.